The minimum Gasteiger partial charge on any atom is -0.550 e. The fourth-order valence-corrected chi connectivity index (χ4v) is 4.73. The van der Waals surface area contributed by atoms with Gasteiger partial charge in [-0.15, -0.1) is 0 Å². The van der Waals surface area contributed by atoms with Crippen molar-refractivity contribution in [2.75, 3.05) is 26.2 Å². The van der Waals surface area contributed by atoms with Crippen LogP contribution in [0.5, 0.6) is 0 Å². The van der Waals surface area contributed by atoms with E-state index in [-0.39, 0.29) is 0 Å². The molecule has 0 aliphatic heterocycles. The zero-order valence-corrected chi connectivity index (χ0v) is 24.1. The molecule has 0 saturated heterocycles. The highest BCUT2D eigenvalue weighted by Crippen LogP contribution is 2.22. The first-order valence-corrected chi connectivity index (χ1v) is 14.7. The first-order valence-electron chi connectivity index (χ1n) is 14.7. The zero-order chi connectivity index (χ0) is 28.1. The molecule has 3 unspecified atom stereocenters. The van der Waals surface area contributed by atoms with Gasteiger partial charge in [0.15, 0.2) is 0 Å². The number of aliphatic carboxylic acids is 3. The van der Waals surface area contributed by atoms with E-state index < -0.39 is 35.7 Å². The van der Waals surface area contributed by atoms with Crippen molar-refractivity contribution in [3.05, 3.63) is 12.2 Å². The number of nitrogens with zero attached hydrogens (tertiary/aromatic N) is 1. The zero-order valence-electron chi connectivity index (χ0n) is 24.1. The van der Waals surface area contributed by atoms with Crippen LogP contribution in [0.25, 0.3) is 0 Å². The van der Waals surface area contributed by atoms with Gasteiger partial charge in [0.05, 0.1) is 38.0 Å². The lowest BCUT2D eigenvalue weighted by atomic mass is 10.0. The first kappa shape index (κ1) is 35.1. The number of carbonyl (C=O) groups excluding carboxylic acids is 1. The van der Waals surface area contributed by atoms with Gasteiger partial charge >= 0.3 is 11.9 Å². The van der Waals surface area contributed by atoms with Crippen LogP contribution < -0.4 is 5.11 Å². The smallest absolute Gasteiger partial charge is 0.306 e. The molecule has 0 aromatic carbocycles. The topological polar surface area (TPSA) is 115 Å². The second kappa shape index (κ2) is 21.1. The van der Waals surface area contributed by atoms with Gasteiger partial charge in [-0.3, -0.25) is 9.59 Å². The average molecular weight is 526 g/mol. The van der Waals surface area contributed by atoms with Crippen molar-refractivity contribution in [1.82, 2.24) is 0 Å². The number of carbonyl (C=O) groups is 3. The molecule has 0 radical (unpaired) electrons. The molecule has 0 spiro atoms. The molecule has 3 atom stereocenters. The van der Waals surface area contributed by atoms with E-state index in [2.05, 4.69) is 19.1 Å². The molecule has 2 N–H and O–H groups in total. The maximum Gasteiger partial charge on any atom is 0.306 e. The summed E-state index contributed by atoms with van der Waals surface area (Å²) in [5.41, 5.74) is 0. The van der Waals surface area contributed by atoms with E-state index in [1.807, 2.05) is 0 Å². The number of quaternary nitrogens is 1. The Morgan fingerprint density at radius 3 is 1.41 bits per heavy atom. The van der Waals surface area contributed by atoms with Gasteiger partial charge in [-0.05, 0) is 32.6 Å². The lowest BCUT2D eigenvalue weighted by molar-refractivity contribution is -0.929. The lowest BCUT2D eigenvalue weighted by Crippen LogP contribution is -2.52. The number of hydrogen-bond donors (Lipinski definition) is 2. The Kier molecular flexibility index (Phi) is 20.0. The molecule has 7 heteroatoms. The van der Waals surface area contributed by atoms with Gasteiger partial charge in [0.25, 0.3) is 0 Å². The Balaban J connectivity index is 4.83. The molecular weight excluding hydrogens is 470 g/mol. The molecule has 0 fully saturated rings. The minimum absolute atomic E-state index is 0.444. The molecule has 0 aliphatic carbocycles. The van der Waals surface area contributed by atoms with E-state index in [0.29, 0.717) is 43.4 Å². The molecule has 0 aromatic rings. The molecule has 0 heterocycles. The van der Waals surface area contributed by atoms with E-state index in [0.717, 1.165) is 25.8 Å². The standard InChI is InChI=1S/C30H55NO6/c1-5-6-7-8-9-10-11-12-13-14-15-16-17-21-31(22-18-25(2)28(32)33,23-19-26(3)29(34)35)24-20-27(4)30(36)37/h5-6,25-27H,7-24H2,1-4H3,(H2-,32,33,34,35,36,37)/b6-5+. The summed E-state index contributed by atoms with van der Waals surface area (Å²) in [7, 11) is 0. The van der Waals surface area contributed by atoms with Crippen LogP contribution in [0.2, 0.25) is 0 Å². The van der Waals surface area contributed by atoms with Gasteiger partial charge in [0, 0.05) is 31.1 Å². The SMILES string of the molecule is C/C=C/CCCCCCCCCCCC[N+](CCC(C)C(=O)[O-])(CCC(C)C(=O)O)CCC(C)C(=O)O. The Morgan fingerprint density at radius 1 is 0.649 bits per heavy atom. The molecule has 7 nitrogen and oxygen atoms in total. The van der Waals surface area contributed by atoms with Crippen LogP contribution in [0.3, 0.4) is 0 Å². The number of unbranched alkanes of at least 4 members (excludes halogenated alkanes) is 10. The van der Waals surface area contributed by atoms with Gasteiger partial charge < -0.3 is 24.6 Å². The largest absolute Gasteiger partial charge is 0.550 e. The number of carboxylic acid groups (broad SMARTS) is 3. The monoisotopic (exact) mass is 525 g/mol. The minimum atomic E-state index is -1.08. The fourth-order valence-electron chi connectivity index (χ4n) is 4.73. The maximum atomic E-state index is 11.4. The Labute approximate surface area is 225 Å². The molecule has 0 aromatic heterocycles. The average Bonchev–Trinajstić information content (AvgIpc) is 2.86. The van der Waals surface area contributed by atoms with E-state index >= 15 is 0 Å². The van der Waals surface area contributed by atoms with Gasteiger partial charge in [-0.2, -0.15) is 0 Å². The fraction of sp³-hybridized carbons (Fsp3) is 0.833. The van der Waals surface area contributed by atoms with Crippen molar-refractivity contribution in [2.24, 2.45) is 17.8 Å². The summed E-state index contributed by atoms with van der Waals surface area (Å²) in [6.45, 7) is 9.77. The summed E-state index contributed by atoms with van der Waals surface area (Å²) >= 11 is 0. The van der Waals surface area contributed by atoms with E-state index in [1.54, 1.807) is 20.8 Å². The van der Waals surface area contributed by atoms with Gasteiger partial charge in [-0.1, -0.05) is 77.9 Å². The summed E-state index contributed by atoms with van der Waals surface area (Å²) < 4.78 is 0.583. The van der Waals surface area contributed by atoms with Crippen LogP contribution in [0.15, 0.2) is 12.2 Å². The van der Waals surface area contributed by atoms with Crippen molar-refractivity contribution in [1.29, 1.82) is 0 Å². The van der Waals surface area contributed by atoms with Gasteiger partial charge in [-0.25, -0.2) is 0 Å². The van der Waals surface area contributed by atoms with Crippen molar-refractivity contribution in [2.45, 2.75) is 118 Å². The first-order chi connectivity index (χ1) is 17.5. The highest BCUT2D eigenvalue weighted by Gasteiger charge is 2.30. The van der Waals surface area contributed by atoms with Crippen LogP contribution in [0.1, 0.15) is 118 Å². The summed E-state index contributed by atoms with van der Waals surface area (Å²) in [5.74, 6) is -4.31. The Morgan fingerprint density at radius 2 is 1.03 bits per heavy atom. The third-order valence-corrected chi connectivity index (χ3v) is 7.84. The predicted molar refractivity (Wildman–Crippen MR) is 147 cm³/mol. The molecule has 0 rings (SSSR count). The predicted octanol–water partition coefficient (Wildman–Crippen LogP) is 5.67. The van der Waals surface area contributed by atoms with Crippen LogP contribution in [-0.2, 0) is 14.4 Å². The van der Waals surface area contributed by atoms with Gasteiger partial charge in [0.2, 0.25) is 0 Å². The quantitative estimate of drug-likeness (QED) is 0.0902. The Bertz CT molecular complexity index is 603. The van der Waals surface area contributed by atoms with Crippen molar-refractivity contribution < 1.29 is 34.2 Å². The molecule has 0 aliphatic rings. The summed E-state index contributed by atoms with van der Waals surface area (Å²) in [5, 5.41) is 30.1. The van der Waals surface area contributed by atoms with Crippen molar-refractivity contribution >= 4 is 17.9 Å². The van der Waals surface area contributed by atoms with Crippen molar-refractivity contribution in [3.63, 3.8) is 0 Å². The van der Waals surface area contributed by atoms with E-state index in [4.69, 9.17) is 0 Å². The van der Waals surface area contributed by atoms with Crippen LogP contribution in [0.4, 0.5) is 0 Å². The third-order valence-electron chi connectivity index (χ3n) is 7.84. The normalized spacial score (nSPS) is 15.8. The summed E-state index contributed by atoms with van der Waals surface area (Å²) in [4.78, 5) is 34.2. The van der Waals surface area contributed by atoms with Crippen molar-refractivity contribution in [3.8, 4) is 0 Å². The second-order valence-corrected chi connectivity index (χ2v) is 11.2. The van der Waals surface area contributed by atoms with E-state index in [1.165, 1.54) is 51.4 Å². The molecule has 0 saturated carbocycles. The number of allylic oxidation sites excluding steroid dienone is 2. The molecule has 0 bridgehead atoms. The summed E-state index contributed by atoms with van der Waals surface area (Å²) in [6, 6.07) is 0. The van der Waals surface area contributed by atoms with Gasteiger partial charge in [0.1, 0.15) is 0 Å². The highest BCUT2D eigenvalue weighted by atomic mass is 16.4. The van der Waals surface area contributed by atoms with Crippen LogP contribution in [-0.4, -0.2) is 58.8 Å². The summed E-state index contributed by atoms with van der Waals surface area (Å²) in [6.07, 6.45) is 19.1. The second-order valence-electron chi connectivity index (χ2n) is 11.2. The molecular formula is C30H55NO6. The van der Waals surface area contributed by atoms with Crippen LogP contribution in [0, 0.1) is 17.8 Å². The Hall–Kier alpha value is -1.89. The molecule has 0 amide bonds. The number of rotatable bonds is 25. The lowest BCUT2D eigenvalue weighted by Gasteiger charge is -2.41. The third kappa shape index (κ3) is 18.1. The number of carboxylic acids is 3. The maximum absolute atomic E-state index is 11.4. The highest BCUT2D eigenvalue weighted by molar-refractivity contribution is 5.69. The van der Waals surface area contributed by atoms with Crippen LogP contribution >= 0.6 is 0 Å². The van der Waals surface area contributed by atoms with E-state index in [9.17, 15) is 29.7 Å². The molecule has 216 valence electrons. The molecule has 37 heavy (non-hydrogen) atoms. The number of hydrogen-bond acceptors (Lipinski definition) is 4.